The molecular weight excluding hydrogens is 414 g/mol. The number of rotatable bonds is 4. The molecule has 1 N–H and O–H groups in total. The Balaban J connectivity index is 1.10. The first kappa shape index (κ1) is 21.2. The third kappa shape index (κ3) is 4.91. The molecule has 0 radical (unpaired) electrons. The highest BCUT2D eigenvalue weighted by Crippen LogP contribution is 2.36. The van der Waals surface area contributed by atoms with Gasteiger partial charge in [0.25, 0.3) is 0 Å². The van der Waals surface area contributed by atoms with Crippen molar-refractivity contribution in [2.75, 3.05) is 18.4 Å². The molecule has 0 saturated carbocycles. The predicted molar refractivity (Wildman–Crippen MR) is 129 cm³/mol. The van der Waals surface area contributed by atoms with Crippen LogP contribution in [-0.2, 0) is 9.68 Å². The zero-order valence-electron chi connectivity index (χ0n) is 18.7. The van der Waals surface area contributed by atoms with E-state index in [1.54, 1.807) is 5.06 Å². The highest BCUT2D eigenvalue weighted by atomic mass is 16.7. The number of benzene rings is 3. The van der Waals surface area contributed by atoms with Gasteiger partial charge in [-0.25, -0.2) is 4.79 Å². The van der Waals surface area contributed by atoms with E-state index in [0.29, 0.717) is 18.8 Å². The molecular formula is C27H27N3O3. The van der Waals surface area contributed by atoms with Gasteiger partial charge in [-0.2, -0.15) is 0 Å². The standard InChI is InChI=1S/C27H27N3O3/c1-20-7-9-23(10-8-20)25-19-27(33-29-25)15-17-30(18-16-27)32-26(31)28-24-13-11-22(12-14-24)21-5-3-2-4-6-21/h2-14H,15-19H2,1H3,(H,28,31). The molecule has 168 valence electrons. The molecule has 0 bridgehead atoms. The maximum absolute atomic E-state index is 12.4. The molecule has 1 saturated heterocycles. The molecule has 1 amide bonds. The van der Waals surface area contributed by atoms with Crippen LogP contribution < -0.4 is 5.32 Å². The zero-order valence-corrected chi connectivity index (χ0v) is 18.7. The van der Waals surface area contributed by atoms with E-state index in [-0.39, 0.29) is 5.60 Å². The molecule has 0 unspecified atom stereocenters. The second kappa shape index (κ2) is 9.08. The molecule has 0 atom stereocenters. The SMILES string of the molecule is Cc1ccc(C2=NOC3(CCN(OC(=O)Nc4ccc(-c5ccccc5)cc4)CC3)C2)cc1. The van der Waals surface area contributed by atoms with Gasteiger partial charge in [-0.1, -0.05) is 77.4 Å². The molecule has 0 aromatic heterocycles. The van der Waals surface area contributed by atoms with Gasteiger partial charge in [-0.05, 0) is 35.7 Å². The molecule has 5 rings (SSSR count). The number of hydroxylamine groups is 2. The van der Waals surface area contributed by atoms with Crippen molar-refractivity contribution in [1.29, 1.82) is 0 Å². The average Bonchev–Trinajstić information content (AvgIpc) is 3.26. The summed E-state index contributed by atoms with van der Waals surface area (Å²) in [6.45, 7) is 3.29. The second-order valence-electron chi connectivity index (χ2n) is 8.73. The second-order valence-corrected chi connectivity index (χ2v) is 8.73. The van der Waals surface area contributed by atoms with Crippen LogP contribution in [0.5, 0.6) is 0 Å². The molecule has 6 heteroatoms. The van der Waals surface area contributed by atoms with Crippen LogP contribution in [0.3, 0.4) is 0 Å². The number of amides is 1. The number of anilines is 1. The van der Waals surface area contributed by atoms with Crippen molar-refractivity contribution in [2.24, 2.45) is 5.16 Å². The van der Waals surface area contributed by atoms with E-state index >= 15 is 0 Å². The van der Waals surface area contributed by atoms with E-state index in [2.05, 4.69) is 53.8 Å². The number of nitrogens with zero attached hydrogens (tertiary/aromatic N) is 2. The van der Waals surface area contributed by atoms with Crippen LogP contribution in [-0.4, -0.2) is 35.6 Å². The van der Waals surface area contributed by atoms with Crippen molar-refractivity contribution in [3.63, 3.8) is 0 Å². The van der Waals surface area contributed by atoms with Gasteiger partial charge in [0.1, 0.15) is 5.60 Å². The fourth-order valence-electron chi connectivity index (χ4n) is 4.31. The monoisotopic (exact) mass is 441 g/mol. The van der Waals surface area contributed by atoms with Crippen LogP contribution in [0.15, 0.2) is 84.0 Å². The molecule has 3 aromatic carbocycles. The number of hydrogen-bond acceptors (Lipinski definition) is 5. The lowest BCUT2D eigenvalue weighted by atomic mass is 9.86. The summed E-state index contributed by atoms with van der Waals surface area (Å²) in [6.07, 6.45) is 1.81. The van der Waals surface area contributed by atoms with Gasteiger partial charge < -0.3 is 9.68 Å². The number of carbonyl (C=O) groups is 1. The minimum absolute atomic E-state index is 0.302. The maximum atomic E-state index is 12.4. The highest BCUT2D eigenvalue weighted by molar-refractivity contribution is 6.01. The number of aryl methyl sites for hydroxylation is 1. The molecule has 2 heterocycles. The Hall–Kier alpha value is -3.64. The van der Waals surface area contributed by atoms with Crippen molar-refractivity contribution in [1.82, 2.24) is 5.06 Å². The number of hydrogen-bond donors (Lipinski definition) is 1. The molecule has 6 nitrogen and oxygen atoms in total. The summed E-state index contributed by atoms with van der Waals surface area (Å²) in [5, 5.41) is 8.87. The Kier molecular flexibility index (Phi) is 5.84. The first-order valence-corrected chi connectivity index (χ1v) is 11.3. The minimum Gasteiger partial charge on any atom is -0.388 e. The van der Waals surface area contributed by atoms with Crippen LogP contribution in [0.1, 0.15) is 30.4 Å². The highest BCUT2D eigenvalue weighted by Gasteiger charge is 2.43. The quantitative estimate of drug-likeness (QED) is 0.557. The Morgan fingerprint density at radius 2 is 1.55 bits per heavy atom. The fourth-order valence-corrected chi connectivity index (χ4v) is 4.31. The number of carbonyl (C=O) groups excluding carboxylic acids is 1. The molecule has 2 aliphatic heterocycles. The van der Waals surface area contributed by atoms with Gasteiger partial charge in [0.2, 0.25) is 0 Å². The van der Waals surface area contributed by atoms with Crippen LogP contribution in [0.25, 0.3) is 11.1 Å². The van der Waals surface area contributed by atoms with Crippen molar-refractivity contribution in [3.05, 3.63) is 90.0 Å². The summed E-state index contributed by atoms with van der Waals surface area (Å²) in [7, 11) is 0. The van der Waals surface area contributed by atoms with Crippen molar-refractivity contribution < 1.29 is 14.5 Å². The summed E-state index contributed by atoms with van der Waals surface area (Å²) >= 11 is 0. The van der Waals surface area contributed by atoms with Crippen molar-refractivity contribution in [3.8, 4) is 11.1 Å². The Bertz CT molecular complexity index is 1130. The fraction of sp³-hybridized carbons (Fsp3) is 0.259. The maximum Gasteiger partial charge on any atom is 0.430 e. The Labute approximate surface area is 193 Å². The lowest BCUT2D eigenvalue weighted by molar-refractivity contribution is -0.154. The largest absolute Gasteiger partial charge is 0.430 e. The third-order valence-electron chi connectivity index (χ3n) is 6.31. The van der Waals surface area contributed by atoms with E-state index in [1.807, 2.05) is 42.5 Å². The van der Waals surface area contributed by atoms with Gasteiger partial charge in [0, 0.05) is 38.0 Å². The van der Waals surface area contributed by atoms with Crippen LogP contribution in [0.4, 0.5) is 10.5 Å². The lowest BCUT2D eigenvalue weighted by Gasteiger charge is -2.35. The summed E-state index contributed by atoms with van der Waals surface area (Å²) in [5.74, 6) is 0. The first-order valence-electron chi connectivity index (χ1n) is 11.3. The Morgan fingerprint density at radius 1 is 0.909 bits per heavy atom. The Morgan fingerprint density at radius 3 is 2.24 bits per heavy atom. The van der Waals surface area contributed by atoms with E-state index in [0.717, 1.165) is 41.7 Å². The molecule has 1 spiro atoms. The van der Waals surface area contributed by atoms with Gasteiger partial charge in [0.15, 0.2) is 0 Å². The van der Waals surface area contributed by atoms with Gasteiger partial charge in [-0.3, -0.25) is 5.32 Å². The van der Waals surface area contributed by atoms with E-state index in [9.17, 15) is 4.79 Å². The molecule has 0 aliphatic carbocycles. The van der Waals surface area contributed by atoms with Crippen molar-refractivity contribution in [2.45, 2.75) is 31.8 Å². The van der Waals surface area contributed by atoms with Gasteiger partial charge in [-0.15, -0.1) is 5.06 Å². The molecule has 1 fully saturated rings. The third-order valence-corrected chi connectivity index (χ3v) is 6.31. The minimum atomic E-state index is -0.484. The lowest BCUT2D eigenvalue weighted by Crippen LogP contribution is -2.45. The van der Waals surface area contributed by atoms with Gasteiger partial charge >= 0.3 is 6.09 Å². The van der Waals surface area contributed by atoms with E-state index in [4.69, 9.17) is 9.68 Å². The van der Waals surface area contributed by atoms with E-state index < -0.39 is 6.09 Å². The predicted octanol–water partition coefficient (Wildman–Crippen LogP) is 5.78. The number of piperidine rings is 1. The normalized spacial score (nSPS) is 17.3. The van der Waals surface area contributed by atoms with E-state index in [1.165, 1.54) is 5.56 Å². The summed E-state index contributed by atoms with van der Waals surface area (Å²) < 4.78 is 0. The summed E-state index contributed by atoms with van der Waals surface area (Å²) in [6, 6.07) is 26.2. The summed E-state index contributed by atoms with van der Waals surface area (Å²) in [5.41, 5.74) is 5.95. The molecule has 33 heavy (non-hydrogen) atoms. The van der Waals surface area contributed by atoms with Gasteiger partial charge in [0.05, 0.1) is 5.71 Å². The first-order chi connectivity index (χ1) is 16.1. The zero-order chi connectivity index (χ0) is 22.7. The average molecular weight is 442 g/mol. The smallest absolute Gasteiger partial charge is 0.388 e. The van der Waals surface area contributed by atoms with Crippen molar-refractivity contribution >= 4 is 17.5 Å². The summed E-state index contributed by atoms with van der Waals surface area (Å²) in [4.78, 5) is 23.8. The molecule has 3 aromatic rings. The van der Waals surface area contributed by atoms with Crippen LogP contribution in [0, 0.1) is 6.92 Å². The van der Waals surface area contributed by atoms with Crippen LogP contribution >= 0.6 is 0 Å². The van der Waals surface area contributed by atoms with Crippen LogP contribution in [0.2, 0.25) is 0 Å². The number of nitrogens with one attached hydrogen (secondary N) is 1. The topological polar surface area (TPSA) is 63.2 Å². The number of oxime groups is 1. The molecule has 2 aliphatic rings.